The molecule has 3 rings (SSSR count). The summed E-state index contributed by atoms with van der Waals surface area (Å²) >= 11 is 1.55. The summed E-state index contributed by atoms with van der Waals surface area (Å²) < 4.78 is 1.95. The van der Waals surface area contributed by atoms with E-state index in [0.29, 0.717) is 6.04 Å². The van der Waals surface area contributed by atoms with Gasteiger partial charge < -0.3 is 0 Å². The molecule has 5 nitrogen and oxygen atoms in total. The molecule has 0 radical (unpaired) electrons. The second-order valence-electron chi connectivity index (χ2n) is 5.08. The number of rotatable bonds is 4. The van der Waals surface area contributed by atoms with Crippen LogP contribution in [0.15, 0.2) is 28.3 Å². The first-order chi connectivity index (χ1) is 9.78. The summed E-state index contributed by atoms with van der Waals surface area (Å²) in [4.78, 5) is 11.9. The van der Waals surface area contributed by atoms with Crippen molar-refractivity contribution in [3.05, 3.63) is 29.3 Å². The number of carbonyl (C=O) groups excluding carboxylic acids is 1. The number of hydrogen-bond donors (Lipinski definition) is 0. The molecule has 0 bridgehead atoms. The van der Waals surface area contributed by atoms with Crippen LogP contribution >= 0.6 is 11.8 Å². The summed E-state index contributed by atoms with van der Waals surface area (Å²) in [6, 6.07) is 6.22. The maximum Gasteiger partial charge on any atom is 0.214 e. The molecule has 1 aromatic heterocycles. The smallest absolute Gasteiger partial charge is 0.214 e. The first kappa shape index (κ1) is 13.3. The second kappa shape index (κ2) is 5.75. The molecule has 1 heterocycles. The van der Waals surface area contributed by atoms with Crippen molar-refractivity contribution < 1.29 is 4.79 Å². The van der Waals surface area contributed by atoms with E-state index in [1.165, 1.54) is 12.8 Å². The molecule has 1 aliphatic rings. The highest BCUT2D eigenvalue weighted by Crippen LogP contribution is 2.34. The van der Waals surface area contributed by atoms with Crippen LogP contribution in [0.3, 0.4) is 0 Å². The van der Waals surface area contributed by atoms with Crippen LogP contribution in [0.5, 0.6) is 0 Å². The van der Waals surface area contributed by atoms with Crippen LogP contribution in [0.2, 0.25) is 0 Å². The average molecular weight is 288 g/mol. The maximum absolute atomic E-state index is 10.8. The fourth-order valence-corrected chi connectivity index (χ4v) is 3.52. The molecule has 0 unspecified atom stereocenters. The van der Waals surface area contributed by atoms with Gasteiger partial charge in [0.05, 0.1) is 6.04 Å². The zero-order chi connectivity index (χ0) is 13.9. The van der Waals surface area contributed by atoms with Crippen LogP contribution in [0, 0.1) is 6.92 Å². The van der Waals surface area contributed by atoms with E-state index in [9.17, 15) is 4.79 Å². The van der Waals surface area contributed by atoms with Gasteiger partial charge in [-0.3, -0.25) is 4.79 Å². The van der Waals surface area contributed by atoms with Crippen molar-refractivity contribution >= 4 is 18.0 Å². The third kappa shape index (κ3) is 2.60. The Labute approximate surface area is 121 Å². The number of aryl methyl sites for hydroxylation is 1. The number of carbonyl (C=O) groups is 1. The Bertz CT molecular complexity index is 619. The van der Waals surface area contributed by atoms with E-state index in [0.717, 1.165) is 40.3 Å². The Morgan fingerprint density at radius 2 is 2.15 bits per heavy atom. The quantitative estimate of drug-likeness (QED) is 0.809. The highest BCUT2D eigenvalue weighted by molar-refractivity contribution is 7.99. The second-order valence-corrected chi connectivity index (χ2v) is 6.12. The standard InChI is InChI=1S/C14H16N4OS/c1-10-8-13(7-6-11(10)9-19)20-14-15-16-17-18(14)12-4-2-3-5-12/h6-9,12H,2-5H2,1H3. The minimum Gasteiger partial charge on any atom is -0.298 e. The van der Waals surface area contributed by atoms with Crippen molar-refractivity contribution in [2.75, 3.05) is 0 Å². The maximum atomic E-state index is 10.8. The van der Waals surface area contributed by atoms with Gasteiger partial charge in [-0.2, -0.15) is 0 Å². The van der Waals surface area contributed by atoms with Crippen LogP contribution < -0.4 is 0 Å². The third-order valence-corrected chi connectivity index (χ3v) is 4.65. The number of nitrogens with zero attached hydrogens (tertiary/aromatic N) is 4. The zero-order valence-electron chi connectivity index (χ0n) is 11.3. The van der Waals surface area contributed by atoms with Crippen molar-refractivity contribution in [1.82, 2.24) is 20.2 Å². The molecule has 0 saturated heterocycles. The molecule has 1 aliphatic carbocycles. The molecule has 1 aromatic carbocycles. The van der Waals surface area contributed by atoms with E-state index in [1.807, 2.05) is 29.8 Å². The van der Waals surface area contributed by atoms with E-state index in [4.69, 9.17) is 0 Å². The van der Waals surface area contributed by atoms with Gasteiger partial charge in [-0.25, -0.2) is 4.68 Å². The number of aldehydes is 1. The Balaban J connectivity index is 1.82. The Kier molecular flexibility index (Phi) is 3.82. The van der Waals surface area contributed by atoms with E-state index < -0.39 is 0 Å². The molecule has 20 heavy (non-hydrogen) atoms. The summed E-state index contributed by atoms with van der Waals surface area (Å²) in [7, 11) is 0. The fourth-order valence-electron chi connectivity index (χ4n) is 2.58. The predicted octanol–water partition coefficient (Wildman–Crippen LogP) is 3.06. The van der Waals surface area contributed by atoms with Crippen LogP contribution in [-0.4, -0.2) is 26.5 Å². The van der Waals surface area contributed by atoms with Gasteiger partial charge in [-0.1, -0.05) is 18.9 Å². The van der Waals surface area contributed by atoms with Crippen molar-refractivity contribution in [2.45, 2.75) is 48.7 Å². The molecule has 0 amide bonds. The monoisotopic (exact) mass is 288 g/mol. The van der Waals surface area contributed by atoms with Crippen molar-refractivity contribution in [3.8, 4) is 0 Å². The van der Waals surface area contributed by atoms with Gasteiger partial charge >= 0.3 is 0 Å². The van der Waals surface area contributed by atoms with Crippen LogP contribution in [0.25, 0.3) is 0 Å². The third-order valence-electron chi connectivity index (χ3n) is 3.71. The molecule has 6 heteroatoms. The van der Waals surface area contributed by atoms with Crippen molar-refractivity contribution in [2.24, 2.45) is 0 Å². The van der Waals surface area contributed by atoms with E-state index in [1.54, 1.807) is 11.8 Å². The fraction of sp³-hybridized carbons (Fsp3) is 0.429. The van der Waals surface area contributed by atoms with Gasteiger partial charge in [0.25, 0.3) is 0 Å². The highest BCUT2D eigenvalue weighted by atomic mass is 32.2. The van der Waals surface area contributed by atoms with Crippen molar-refractivity contribution in [1.29, 1.82) is 0 Å². The number of benzene rings is 1. The Morgan fingerprint density at radius 1 is 1.35 bits per heavy atom. The van der Waals surface area contributed by atoms with Crippen LogP contribution in [-0.2, 0) is 0 Å². The number of tetrazole rings is 1. The van der Waals surface area contributed by atoms with Gasteiger partial charge in [0.1, 0.15) is 6.29 Å². The van der Waals surface area contributed by atoms with Gasteiger partial charge in [-0.05, 0) is 59.7 Å². The highest BCUT2D eigenvalue weighted by Gasteiger charge is 2.21. The predicted molar refractivity (Wildman–Crippen MR) is 76.0 cm³/mol. The van der Waals surface area contributed by atoms with E-state index in [-0.39, 0.29) is 0 Å². The summed E-state index contributed by atoms with van der Waals surface area (Å²) in [5.74, 6) is 0. The summed E-state index contributed by atoms with van der Waals surface area (Å²) in [5, 5.41) is 12.9. The van der Waals surface area contributed by atoms with Gasteiger partial charge in [0.15, 0.2) is 0 Å². The van der Waals surface area contributed by atoms with Crippen molar-refractivity contribution in [3.63, 3.8) is 0 Å². The first-order valence-electron chi connectivity index (χ1n) is 6.79. The normalized spacial score (nSPS) is 15.7. The average Bonchev–Trinajstić information content (AvgIpc) is 3.09. The Hall–Kier alpha value is -1.69. The van der Waals surface area contributed by atoms with E-state index in [2.05, 4.69) is 15.5 Å². The molecule has 0 spiro atoms. The lowest BCUT2D eigenvalue weighted by Crippen LogP contribution is -2.08. The topological polar surface area (TPSA) is 60.7 Å². The molecular formula is C14H16N4OS. The Morgan fingerprint density at radius 3 is 2.85 bits per heavy atom. The lowest BCUT2D eigenvalue weighted by atomic mass is 10.1. The van der Waals surface area contributed by atoms with E-state index >= 15 is 0 Å². The first-order valence-corrected chi connectivity index (χ1v) is 7.61. The van der Waals surface area contributed by atoms with Gasteiger partial charge in [0, 0.05) is 10.5 Å². The van der Waals surface area contributed by atoms with Gasteiger partial charge in [-0.15, -0.1) is 5.10 Å². The number of hydrogen-bond acceptors (Lipinski definition) is 5. The summed E-state index contributed by atoms with van der Waals surface area (Å²) in [6.45, 7) is 1.94. The molecule has 0 N–H and O–H groups in total. The van der Waals surface area contributed by atoms with Gasteiger partial charge in [0.2, 0.25) is 5.16 Å². The SMILES string of the molecule is Cc1cc(Sc2nnnn2C2CCCC2)ccc1C=O. The summed E-state index contributed by atoms with van der Waals surface area (Å²) in [5.41, 5.74) is 1.70. The molecule has 1 saturated carbocycles. The lowest BCUT2D eigenvalue weighted by Gasteiger charge is -2.11. The largest absolute Gasteiger partial charge is 0.298 e. The molecule has 1 fully saturated rings. The van der Waals surface area contributed by atoms with Crippen LogP contribution in [0.4, 0.5) is 0 Å². The molecule has 0 aliphatic heterocycles. The molecular weight excluding hydrogens is 272 g/mol. The minimum absolute atomic E-state index is 0.433. The minimum atomic E-state index is 0.433. The lowest BCUT2D eigenvalue weighted by molar-refractivity contribution is 0.112. The summed E-state index contributed by atoms with van der Waals surface area (Å²) in [6.07, 6.45) is 5.69. The molecule has 2 aromatic rings. The van der Waals surface area contributed by atoms with Crippen LogP contribution in [0.1, 0.15) is 47.6 Å². The molecule has 104 valence electrons. The molecule has 0 atom stereocenters. The zero-order valence-corrected chi connectivity index (χ0v) is 12.1. The number of aromatic nitrogens is 4.